The minimum Gasteiger partial charge on any atom is -0.370 e. The minimum atomic E-state index is -0.172. The van der Waals surface area contributed by atoms with Crippen LogP contribution in [0, 0.1) is 22.7 Å². The van der Waals surface area contributed by atoms with E-state index >= 15 is 0 Å². The summed E-state index contributed by atoms with van der Waals surface area (Å²) in [4.78, 5) is 12.5. The molecule has 0 N–H and O–H groups in total. The molecule has 0 radical (unpaired) electrons. The highest BCUT2D eigenvalue weighted by atomic mass is 16.6. The molecule has 0 aromatic heterocycles. The third-order valence-corrected chi connectivity index (χ3v) is 8.15. The Bertz CT molecular complexity index is 537. The summed E-state index contributed by atoms with van der Waals surface area (Å²) in [5, 5.41) is 0. The van der Waals surface area contributed by atoms with Crippen LogP contribution in [-0.4, -0.2) is 29.7 Å². The van der Waals surface area contributed by atoms with E-state index in [1.54, 1.807) is 0 Å². The molecule has 6 atom stereocenters. The highest BCUT2D eigenvalue weighted by Crippen LogP contribution is 2.65. The summed E-state index contributed by atoms with van der Waals surface area (Å²) in [7, 11) is 0. The molecule has 2 saturated heterocycles. The predicted octanol–water partition coefficient (Wildman–Crippen LogP) is 4.13. The highest BCUT2D eigenvalue weighted by Gasteiger charge is 2.64. The fraction of sp³-hybridized carbons (Fsp3) is 0.950. The lowest BCUT2D eigenvalue weighted by molar-refractivity contribution is -0.266. The van der Waals surface area contributed by atoms with Crippen molar-refractivity contribution >= 4 is 5.78 Å². The number of Topliss-reactive ketones (excluding diaryl/α,β-unsaturated/α-hetero) is 1. The average molecular weight is 320 g/mol. The molecule has 0 spiro atoms. The molecular formula is C20H32O3. The first kappa shape index (κ1) is 16.1. The molecule has 23 heavy (non-hydrogen) atoms. The van der Waals surface area contributed by atoms with E-state index in [1.165, 1.54) is 6.42 Å². The van der Waals surface area contributed by atoms with Crippen molar-refractivity contribution in [1.82, 2.24) is 0 Å². The van der Waals surface area contributed by atoms with Gasteiger partial charge in [-0.15, -0.1) is 0 Å². The third-order valence-electron chi connectivity index (χ3n) is 8.15. The lowest BCUT2D eigenvalue weighted by Crippen LogP contribution is -2.64. The van der Waals surface area contributed by atoms with Crippen LogP contribution in [0.5, 0.6) is 0 Å². The van der Waals surface area contributed by atoms with Crippen molar-refractivity contribution in [2.45, 2.75) is 90.4 Å². The molecule has 3 heteroatoms. The van der Waals surface area contributed by atoms with Crippen LogP contribution in [0.2, 0.25) is 0 Å². The van der Waals surface area contributed by atoms with Crippen LogP contribution >= 0.6 is 0 Å². The van der Waals surface area contributed by atoms with Gasteiger partial charge >= 0.3 is 0 Å². The van der Waals surface area contributed by atoms with Crippen LogP contribution in [0.25, 0.3) is 0 Å². The predicted molar refractivity (Wildman–Crippen MR) is 89.2 cm³/mol. The fourth-order valence-corrected chi connectivity index (χ4v) is 6.71. The first-order valence-electron chi connectivity index (χ1n) is 9.47. The molecular weight excluding hydrogens is 288 g/mol. The van der Waals surface area contributed by atoms with Crippen molar-refractivity contribution < 1.29 is 14.3 Å². The van der Waals surface area contributed by atoms with Gasteiger partial charge in [-0.25, -0.2) is 0 Å². The second-order valence-corrected chi connectivity index (χ2v) is 9.88. The number of fused-ring (bicyclic) bond motifs is 3. The smallest absolute Gasteiger partial charge is 0.138 e. The second kappa shape index (κ2) is 4.60. The fourth-order valence-electron chi connectivity index (χ4n) is 6.71. The molecule has 0 aromatic carbocycles. The summed E-state index contributed by atoms with van der Waals surface area (Å²) in [6.45, 7) is 12.3. The quantitative estimate of drug-likeness (QED) is 0.682. The Kier molecular flexibility index (Phi) is 3.22. The van der Waals surface area contributed by atoms with Gasteiger partial charge in [-0.2, -0.15) is 0 Å². The van der Waals surface area contributed by atoms with Gasteiger partial charge < -0.3 is 9.47 Å². The zero-order valence-electron chi connectivity index (χ0n) is 15.4. The topological polar surface area (TPSA) is 38.8 Å². The maximum Gasteiger partial charge on any atom is 0.138 e. The number of hydrogen-bond acceptors (Lipinski definition) is 3. The molecule has 4 fully saturated rings. The van der Waals surface area contributed by atoms with E-state index in [9.17, 15) is 4.79 Å². The number of ketones is 1. The van der Waals surface area contributed by atoms with Gasteiger partial charge in [0, 0.05) is 11.8 Å². The van der Waals surface area contributed by atoms with E-state index in [4.69, 9.17) is 9.47 Å². The molecule has 2 heterocycles. The number of rotatable bonds is 1. The normalized spacial score (nSPS) is 55.0. The van der Waals surface area contributed by atoms with E-state index in [0.29, 0.717) is 23.7 Å². The molecule has 0 amide bonds. The molecule has 2 aliphatic carbocycles. The molecule has 0 aromatic rings. The Labute approximate surface area is 140 Å². The Morgan fingerprint density at radius 2 is 1.52 bits per heavy atom. The van der Waals surface area contributed by atoms with E-state index in [2.05, 4.69) is 34.6 Å². The van der Waals surface area contributed by atoms with Crippen molar-refractivity contribution in [2.24, 2.45) is 22.7 Å². The number of ether oxygens (including phenoxy) is 2. The van der Waals surface area contributed by atoms with Crippen LogP contribution in [0.4, 0.5) is 0 Å². The minimum absolute atomic E-state index is 0.0549. The first-order valence-corrected chi connectivity index (χ1v) is 9.47. The monoisotopic (exact) mass is 320 g/mol. The molecule has 0 bridgehead atoms. The lowest BCUT2D eigenvalue weighted by atomic mass is 9.44. The van der Waals surface area contributed by atoms with Crippen molar-refractivity contribution in [2.75, 3.05) is 6.61 Å². The average Bonchev–Trinajstić information content (AvgIpc) is 3.27. The van der Waals surface area contributed by atoms with Gasteiger partial charge in [0.15, 0.2) is 0 Å². The molecule has 6 unspecified atom stereocenters. The van der Waals surface area contributed by atoms with Crippen LogP contribution in [0.3, 0.4) is 0 Å². The van der Waals surface area contributed by atoms with Crippen LogP contribution < -0.4 is 0 Å². The Morgan fingerprint density at radius 3 is 2.17 bits per heavy atom. The van der Waals surface area contributed by atoms with Gasteiger partial charge in [0.05, 0.1) is 17.8 Å². The molecule has 4 rings (SSSR count). The SMILES string of the molecule is CC1(C2CO2)CCC2C(C)(CCC3C(C)(C)C(=O)CCC23C)O1. The highest BCUT2D eigenvalue weighted by molar-refractivity contribution is 5.85. The maximum atomic E-state index is 12.5. The molecule has 130 valence electrons. The molecule has 2 saturated carbocycles. The summed E-state index contributed by atoms with van der Waals surface area (Å²) in [5.74, 6) is 1.53. The molecule has 3 nitrogen and oxygen atoms in total. The van der Waals surface area contributed by atoms with E-state index in [1.807, 2.05) is 0 Å². The van der Waals surface area contributed by atoms with Crippen molar-refractivity contribution in [3.63, 3.8) is 0 Å². The summed E-state index contributed by atoms with van der Waals surface area (Å²) >= 11 is 0. The number of carbonyl (C=O) groups is 1. The lowest BCUT2D eigenvalue weighted by Gasteiger charge is -2.64. The Morgan fingerprint density at radius 1 is 0.913 bits per heavy atom. The number of hydrogen-bond donors (Lipinski definition) is 0. The van der Waals surface area contributed by atoms with Gasteiger partial charge in [0.1, 0.15) is 11.9 Å². The first-order chi connectivity index (χ1) is 10.6. The van der Waals surface area contributed by atoms with E-state index < -0.39 is 0 Å². The van der Waals surface area contributed by atoms with Crippen LogP contribution in [-0.2, 0) is 14.3 Å². The standard InChI is InChI=1S/C20H32O3/c1-17(2)13-6-10-19(4)14(18(13,3)9-8-15(17)21)7-11-20(5,23-19)16-12-22-16/h13-14,16H,6-12H2,1-5H3. The van der Waals surface area contributed by atoms with E-state index in [-0.39, 0.29) is 22.0 Å². The number of carbonyl (C=O) groups excluding carboxylic acids is 1. The van der Waals surface area contributed by atoms with Crippen molar-refractivity contribution in [3.05, 3.63) is 0 Å². The summed E-state index contributed by atoms with van der Waals surface area (Å²) in [6, 6.07) is 0. The Hall–Kier alpha value is -0.410. The molecule has 4 aliphatic rings. The van der Waals surface area contributed by atoms with Gasteiger partial charge in [-0.1, -0.05) is 20.8 Å². The zero-order chi connectivity index (χ0) is 16.7. The summed E-state index contributed by atoms with van der Waals surface area (Å²) < 4.78 is 12.4. The van der Waals surface area contributed by atoms with Crippen LogP contribution in [0.1, 0.15) is 73.1 Å². The van der Waals surface area contributed by atoms with Gasteiger partial charge in [-0.3, -0.25) is 4.79 Å². The van der Waals surface area contributed by atoms with Crippen molar-refractivity contribution in [1.29, 1.82) is 0 Å². The third kappa shape index (κ3) is 2.12. The van der Waals surface area contributed by atoms with Gasteiger partial charge in [0.25, 0.3) is 0 Å². The summed E-state index contributed by atoms with van der Waals surface area (Å²) in [6.07, 6.45) is 6.59. The van der Waals surface area contributed by atoms with E-state index in [0.717, 1.165) is 38.7 Å². The Balaban J connectivity index is 1.66. The summed E-state index contributed by atoms with van der Waals surface area (Å²) in [5.41, 5.74) is -0.0973. The second-order valence-electron chi connectivity index (χ2n) is 9.88. The van der Waals surface area contributed by atoms with Gasteiger partial charge in [-0.05, 0) is 63.2 Å². The van der Waals surface area contributed by atoms with Gasteiger partial charge in [0.2, 0.25) is 0 Å². The maximum absolute atomic E-state index is 12.5. The van der Waals surface area contributed by atoms with Crippen molar-refractivity contribution in [3.8, 4) is 0 Å². The number of epoxide rings is 1. The molecule has 2 aliphatic heterocycles. The zero-order valence-corrected chi connectivity index (χ0v) is 15.4. The van der Waals surface area contributed by atoms with Crippen LogP contribution in [0.15, 0.2) is 0 Å². The largest absolute Gasteiger partial charge is 0.370 e.